The lowest BCUT2D eigenvalue weighted by Crippen LogP contribution is -2.14. The lowest BCUT2D eigenvalue weighted by molar-refractivity contribution is -0.137. The van der Waals surface area contributed by atoms with Crippen molar-refractivity contribution in [2.24, 2.45) is 0 Å². The first-order chi connectivity index (χ1) is 15.6. The Labute approximate surface area is 186 Å². The number of alkyl halides is 3. The molecule has 0 saturated carbocycles. The van der Waals surface area contributed by atoms with E-state index >= 15 is 0 Å². The maximum Gasteiger partial charge on any atom is 0.416 e. The summed E-state index contributed by atoms with van der Waals surface area (Å²) < 4.78 is 73.2. The van der Waals surface area contributed by atoms with Gasteiger partial charge in [0.2, 0.25) is 5.88 Å². The van der Waals surface area contributed by atoms with Crippen LogP contribution in [-0.2, 0) is 16.2 Å². The highest BCUT2D eigenvalue weighted by Crippen LogP contribution is 2.31. The van der Waals surface area contributed by atoms with Crippen molar-refractivity contribution in [3.63, 3.8) is 0 Å². The van der Waals surface area contributed by atoms with Crippen molar-refractivity contribution in [1.29, 1.82) is 0 Å². The summed E-state index contributed by atoms with van der Waals surface area (Å²) in [6, 6.07) is 12.6. The molecule has 1 N–H and O–H groups in total. The van der Waals surface area contributed by atoms with E-state index in [0.717, 1.165) is 24.0 Å². The molecule has 0 aliphatic carbocycles. The van der Waals surface area contributed by atoms with Crippen LogP contribution in [0.15, 0.2) is 78.0 Å². The van der Waals surface area contributed by atoms with Gasteiger partial charge in [0.1, 0.15) is 11.6 Å². The van der Waals surface area contributed by atoms with Gasteiger partial charge in [-0.25, -0.2) is 13.4 Å². The van der Waals surface area contributed by atoms with E-state index in [2.05, 4.69) is 19.9 Å². The summed E-state index contributed by atoms with van der Waals surface area (Å²) in [6.45, 7) is 1.83. The van der Waals surface area contributed by atoms with E-state index in [-0.39, 0.29) is 11.6 Å². The average molecular weight is 475 g/mol. The number of imidazole rings is 1. The Morgan fingerprint density at radius 2 is 1.76 bits per heavy atom. The zero-order chi connectivity index (χ0) is 23.6. The average Bonchev–Trinajstić information content (AvgIpc) is 3.21. The summed E-state index contributed by atoms with van der Waals surface area (Å²) in [5, 5.41) is 8.07. The summed E-state index contributed by atoms with van der Waals surface area (Å²) in [5.74, 6) is 1.89. The largest absolute Gasteiger partial charge is 0.438 e. The van der Waals surface area contributed by atoms with E-state index in [1.54, 1.807) is 29.1 Å². The Morgan fingerprint density at radius 1 is 1.00 bits per heavy atom. The van der Waals surface area contributed by atoms with Gasteiger partial charge in [0, 0.05) is 24.1 Å². The quantitative estimate of drug-likeness (QED) is 0.438. The molecule has 2 aromatic carbocycles. The van der Waals surface area contributed by atoms with Crippen LogP contribution < -0.4 is 9.46 Å². The van der Waals surface area contributed by atoms with Crippen molar-refractivity contribution in [2.45, 2.75) is 18.0 Å². The van der Waals surface area contributed by atoms with E-state index in [0.29, 0.717) is 17.6 Å². The predicted octanol–water partition coefficient (Wildman–Crippen LogP) is 4.58. The molecule has 0 bridgehead atoms. The number of ether oxygens (including phenoxy) is 1. The summed E-state index contributed by atoms with van der Waals surface area (Å²) in [7, 11) is -4.22. The number of rotatable bonds is 6. The highest BCUT2D eigenvalue weighted by Gasteiger charge is 2.31. The van der Waals surface area contributed by atoms with E-state index in [4.69, 9.17) is 4.74 Å². The summed E-state index contributed by atoms with van der Waals surface area (Å²) in [4.78, 5) is 3.62. The zero-order valence-electron chi connectivity index (χ0n) is 17.0. The van der Waals surface area contributed by atoms with E-state index in [1.165, 1.54) is 24.3 Å². The number of nitrogens with zero attached hydrogens (tertiary/aromatic N) is 4. The second kappa shape index (κ2) is 8.54. The van der Waals surface area contributed by atoms with Crippen LogP contribution in [0.5, 0.6) is 11.6 Å². The molecule has 0 aliphatic heterocycles. The first-order valence-electron chi connectivity index (χ1n) is 9.44. The molecular weight excluding hydrogens is 459 g/mol. The molecule has 4 aromatic rings. The normalized spacial score (nSPS) is 11.9. The fourth-order valence-corrected chi connectivity index (χ4v) is 3.99. The number of halogens is 3. The lowest BCUT2D eigenvalue weighted by atomic mass is 10.2. The third-order valence-corrected chi connectivity index (χ3v) is 5.88. The maximum absolute atomic E-state index is 12.9. The number of aryl methyl sites for hydroxylation is 1. The van der Waals surface area contributed by atoms with Crippen molar-refractivity contribution in [3.8, 4) is 17.4 Å². The van der Waals surface area contributed by atoms with Crippen LogP contribution in [0.3, 0.4) is 0 Å². The van der Waals surface area contributed by atoms with Gasteiger partial charge in [-0.15, -0.1) is 10.2 Å². The molecule has 2 heterocycles. The molecule has 8 nitrogen and oxygen atoms in total. The number of nitrogens with one attached hydrogen (secondary N) is 1. The first-order valence-corrected chi connectivity index (χ1v) is 10.9. The SMILES string of the molecule is Cc1nccn1-c1ccc(Oc2ccc(NS(=O)(=O)c3cccc(C(F)(F)F)c3)cc2)nn1. The van der Waals surface area contributed by atoms with Crippen LogP contribution in [0.4, 0.5) is 18.9 Å². The van der Waals surface area contributed by atoms with Crippen molar-refractivity contribution in [3.05, 3.63) is 84.4 Å². The van der Waals surface area contributed by atoms with E-state index in [9.17, 15) is 21.6 Å². The molecule has 0 aliphatic rings. The highest BCUT2D eigenvalue weighted by atomic mass is 32.2. The minimum atomic E-state index is -4.65. The van der Waals surface area contributed by atoms with Gasteiger partial charge in [0.15, 0.2) is 5.82 Å². The molecule has 33 heavy (non-hydrogen) atoms. The highest BCUT2D eigenvalue weighted by molar-refractivity contribution is 7.92. The fourth-order valence-electron chi connectivity index (χ4n) is 2.88. The van der Waals surface area contributed by atoms with Gasteiger partial charge in [-0.1, -0.05) is 6.07 Å². The van der Waals surface area contributed by atoms with Gasteiger partial charge < -0.3 is 4.74 Å². The molecule has 0 unspecified atom stereocenters. The molecule has 0 saturated heterocycles. The third kappa shape index (κ3) is 5.12. The molecule has 170 valence electrons. The second-order valence-corrected chi connectivity index (χ2v) is 8.51. The van der Waals surface area contributed by atoms with Gasteiger partial charge in [0.05, 0.1) is 10.5 Å². The standard InChI is InChI=1S/C21H16F3N5O3S/c1-14-25-11-12-29(14)19-9-10-20(27-26-19)32-17-7-5-16(6-8-17)28-33(30,31)18-4-2-3-15(13-18)21(22,23)24/h2-13,28H,1H3. The Balaban J connectivity index is 1.45. The van der Waals surface area contributed by atoms with Gasteiger partial charge in [-0.05, 0) is 55.5 Å². The molecule has 0 atom stereocenters. The number of aromatic nitrogens is 4. The number of hydrogen-bond acceptors (Lipinski definition) is 6. The minimum absolute atomic E-state index is 0.150. The van der Waals surface area contributed by atoms with E-state index < -0.39 is 26.7 Å². The van der Waals surface area contributed by atoms with Gasteiger partial charge in [-0.2, -0.15) is 13.2 Å². The number of anilines is 1. The molecular formula is C21H16F3N5O3S. The Bertz CT molecular complexity index is 1370. The third-order valence-electron chi connectivity index (χ3n) is 4.50. The zero-order valence-corrected chi connectivity index (χ0v) is 17.8. The first kappa shape index (κ1) is 22.3. The van der Waals surface area contributed by atoms with Gasteiger partial charge in [-0.3, -0.25) is 9.29 Å². The fraction of sp³-hybridized carbons (Fsp3) is 0.0952. The van der Waals surface area contributed by atoms with Gasteiger partial charge >= 0.3 is 6.18 Å². The monoisotopic (exact) mass is 475 g/mol. The van der Waals surface area contributed by atoms with E-state index in [1.807, 2.05) is 6.92 Å². The van der Waals surface area contributed by atoms with Crippen LogP contribution in [-0.4, -0.2) is 28.2 Å². The topological polar surface area (TPSA) is 99.0 Å². The molecule has 0 amide bonds. The number of sulfonamides is 1. The molecule has 0 radical (unpaired) electrons. The number of hydrogen-bond donors (Lipinski definition) is 1. The van der Waals surface area contributed by atoms with Crippen molar-refractivity contribution >= 4 is 15.7 Å². The van der Waals surface area contributed by atoms with Crippen molar-refractivity contribution in [1.82, 2.24) is 19.7 Å². The number of benzene rings is 2. The molecule has 0 fully saturated rings. The molecule has 0 spiro atoms. The maximum atomic E-state index is 12.9. The van der Waals surface area contributed by atoms with Crippen LogP contribution in [0.25, 0.3) is 5.82 Å². The summed E-state index contributed by atoms with van der Waals surface area (Å²) in [6.07, 6.45) is -1.26. The summed E-state index contributed by atoms with van der Waals surface area (Å²) in [5.41, 5.74) is -0.902. The van der Waals surface area contributed by atoms with Crippen molar-refractivity contribution < 1.29 is 26.3 Å². The molecule has 2 aromatic heterocycles. The van der Waals surface area contributed by atoms with Crippen LogP contribution in [0.1, 0.15) is 11.4 Å². The van der Waals surface area contributed by atoms with Crippen LogP contribution >= 0.6 is 0 Å². The minimum Gasteiger partial charge on any atom is -0.438 e. The molecule has 12 heteroatoms. The molecule has 4 rings (SSSR count). The van der Waals surface area contributed by atoms with Gasteiger partial charge in [0.25, 0.3) is 10.0 Å². The Hall–Kier alpha value is -3.93. The summed E-state index contributed by atoms with van der Waals surface area (Å²) >= 11 is 0. The van der Waals surface area contributed by atoms with Crippen molar-refractivity contribution in [2.75, 3.05) is 4.72 Å². The van der Waals surface area contributed by atoms with Crippen LogP contribution in [0, 0.1) is 6.92 Å². The smallest absolute Gasteiger partial charge is 0.416 e. The Morgan fingerprint density at radius 3 is 2.36 bits per heavy atom. The second-order valence-electron chi connectivity index (χ2n) is 6.83. The lowest BCUT2D eigenvalue weighted by Gasteiger charge is -2.11. The predicted molar refractivity (Wildman–Crippen MR) is 113 cm³/mol. The Kier molecular flexibility index (Phi) is 5.77. The van der Waals surface area contributed by atoms with Crippen LogP contribution in [0.2, 0.25) is 0 Å².